The Morgan fingerprint density at radius 2 is 2.00 bits per heavy atom. The minimum absolute atomic E-state index is 0.441. The van der Waals surface area contributed by atoms with Gasteiger partial charge >= 0.3 is 0 Å². The van der Waals surface area contributed by atoms with Crippen molar-refractivity contribution in [3.63, 3.8) is 0 Å². The van der Waals surface area contributed by atoms with E-state index in [1.807, 2.05) is 13.8 Å². The maximum absolute atomic E-state index is 6.14. The van der Waals surface area contributed by atoms with Crippen LogP contribution in [-0.2, 0) is 4.74 Å². The molecule has 0 aliphatic carbocycles. The Bertz CT molecular complexity index is 168. The van der Waals surface area contributed by atoms with Gasteiger partial charge in [0, 0.05) is 12.6 Å². The summed E-state index contributed by atoms with van der Waals surface area (Å²) in [4.78, 5) is 0. The molecule has 1 atom stereocenters. The van der Waals surface area contributed by atoms with Crippen molar-refractivity contribution in [2.45, 2.75) is 33.4 Å². The maximum atomic E-state index is 6.14. The summed E-state index contributed by atoms with van der Waals surface area (Å²) in [7, 11) is -0.657. The highest BCUT2D eigenvalue weighted by Gasteiger charge is 2.15. The average Bonchev–Trinajstić information content (AvgIpc) is 2.02. The van der Waals surface area contributed by atoms with Crippen LogP contribution in [0, 0.1) is 0 Å². The molecule has 0 saturated carbocycles. The van der Waals surface area contributed by atoms with Crippen molar-refractivity contribution in [1.82, 2.24) is 0 Å². The van der Waals surface area contributed by atoms with E-state index in [1.54, 1.807) is 0 Å². The molecule has 12 heavy (non-hydrogen) atoms. The van der Waals surface area contributed by atoms with E-state index in [2.05, 4.69) is 13.8 Å². The van der Waals surface area contributed by atoms with Crippen molar-refractivity contribution in [3.05, 3.63) is 10.5 Å². The molecule has 4 heteroatoms. The third-order valence-corrected chi connectivity index (χ3v) is 5.54. The summed E-state index contributed by atoms with van der Waals surface area (Å²) in [5, 5.41) is 1.44. The Balaban J connectivity index is 4.32. The summed E-state index contributed by atoms with van der Waals surface area (Å²) in [6, 6.07) is 0. The van der Waals surface area contributed by atoms with Gasteiger partial charge in [-0.05, 0) is 31.1 Å². The van der Waals surface area contributed by atoms with E-state index in [9.17, 15) is 0 Å². The van der Waals surface area contributed by atoms with Crippen molar-refractivity contribution in [1.29, 1.82) is 0 Å². The Kier molecular flexibility index (Phi) is 6.35. The first-order chi connectivity index (χ1) is 5.50. The zero-order chi connectivity index (χ0) is 9.72. The fourth-order valence-corrected chi connectivity index (χ4v) is 2.45. The largest absolute Gasteiger partial charge is 0.483 e. The molecular weight excluding hydrogens is 214 g/mol. The van der Waals surface area contributed by atoms with Gasteiger partial charge < -0.3 is 4.74 Å². The van der Waals surface area contributed by atoms with E-state index in [0.29, 0.717) is 17.5 Å². The molecule has 0 aromatic rings. The topological polar surface area (TPSA) is 9.23 Å². The molecule has 0 aromatic heterocycles. The number of rotatable bonds is 4. The van der Waals surface area contributed by atoms with E-state index in [4.69, 9.17) is 27.6 Å². The fourth-order valence-electron chi connectivity index (χ4n) is 0.702. The monoisotopic (exact) mass is 228 g/mol. The molecule has 0 fully saturated rings. The Morgan fingerprint density at radius 3 is 2.33 bits per heavy atom. The molecule has 0 heterocycles. The summed E-state index contributed by atoms with van der Waals surface area (Å²) in [5.74, 6) is 0. The van der Waals surface area contributed by atoms with E-state index >= 15 is 0 Å². The van der Waals surface area contributed by atoms with Crippen LogP contribution in [0.3, 0.4) is 0 Å². The summed E-state index contributed by atoms with van der Waals surface area (Å²) in [5.41, 5.74) is 0.441. The normalized spacial score (nSPS) is 15.9. The molecule has 0 rings (SSSR count). The lowest BCUT2D eigenvalue weighted by atomic mass is 10.6. The predicted molar refractivity (Wildman–Crippen MR) is 58.1 cm³/mol. The number of hydrogen-bond acceptors (Lipinski definition) is 1. The molecule has 1 nitrogen and oxygen atoms in total. The van der Waals surface area contributed by atoms with Gasteiger partial charge in [0.25, 0.3) is 0 Å². The Hall–Kier alpha value is 0.550. The van der Waals surface area contributed by atoms with E-state index in [-0.39, 0.29) is 0 Å². The van der Waals surface area contributed by atoms with E-state index < -0.39 is 7.27 Å². The van der Waals surface area contributed by atoms with Gasteiger partial charge in [-0.25, -0.2) is 0 Å². The second-order valence-electron chi connectivity index (χ2n) is 2.70. The molecule has 0 aromatic carbocycles. The van der Waals surface area contributed by atoms with Crippen LogP contribution in [0.4, 0.5) is 0 Å². The highest BCUT2D eigenvalue weighted by Crippen LogP contribution is 2.55. The molecule has 0 N–H and O–H groups in total. The van der Waals surface area contributed by atoms with E-state index in [1.165, 1.54) is 0 Å². The number of ether oxygens (including phenoxy) is 1. The zero-order valence-electron chi connectivity index (χ0n) is 7.90. The predicted octanol–water partition coefficient (Wildman–Crippen LogP) is 4.49. The minimum Gasteiger partial charge on any atom is -0.483 e. The molecule has 0 spiro atoms. The molecule has 0 radical (unpaired) electrons. The highest BCUT2D eigenvalue weighted by atomic mass is 35.7. The number of halogens is 2. The maximum Gasteiger partial charge on any atom is 0.191 e. The van der Waals surface area contributed by atoms with Crippen molar-refractivity contribution in [3.8, 4) is 0 Å². The van der Waals surface area contributed by atoms with Gasteiger partial charge in [0.1, 0.15) is 0 Å². The van der Waals surface area contributed by atoms with Crippen molar-refractivity contribution in [2.75, 3.05) is 6.61 Å². The van der Waals surface area contributed by atoms with Crippen LogP contribution in [-0.4, -0.2) is 12.3 Å². The molecule has 0 amide bonds. The fraction of sp³-hybridized carbons (Fsp3) is 0.750. The van der Waals surface area contributed by atoms with Gasteiger partial charge in [0.15, 0.2) is 5.22 Å². The first-order valence-electron chi connectivity index (χ1n) is 3.94. The average molecular weight is 229 g/mol. The molecule has 0 saturated heterocycles. The SMILES string of the molecule is CCO/C(Cl)=C(/C)P(Cl)C(C)C. The zero-order valence-corrected chi connectivity index (χ0v) is 10.3. The van der Waals surface area contributed by atoms with Crippen LogP contribution >= 0.6 is 30.1 Å². The quantitative estimate of drug-likeness (QED) is 0.509. The van der Waals surface area contributed by atoms with Crippen LogP contribution in [0.15, 0.2) is 10.5 Å². The van der Waals surface area contributed by atoms with Crippen LogP contribution < -0.4 is 0 Å². The Labute approximate surface area is 85.6 Å². The van der Waals surface area contributed by atoms with Gasteiger partial charge in [-0.15, -0.1) is 0 Å². The lowest BCUT2D eigenvalue weighted by Gasteiger charge is -2.15. The van der Waals surface area contributed by atoms with Crippen LogP contribution in [0.5, 0.6) is 0 Å². The summed E-state index contributed by atoms with van der Waals surface area (Å²) in [6.45, 7) is 8.59. The number of allylic oxidation sites excluding steroid dienone is 1. The van der Waals surface area contributed by atoms with Crippen LogP contribution in [0.1, 0.15) is 27.7 Å². The number of hydrogen-bond donors (Lipinski definition) is 0. The molecule has 0 bridgehead atoms. The highest BCUT2D eigenvalue weighted by molar-refractivity contribution is 7.87. The second kappa shape index (κ2) is 6.07. The van der Waals surface area contributed by atoms with Crippen LogP contribution in [0.25, 0.3) is 0 Å². The van der Waals surface area contributed by atoms with Crippen molar-refractivity contribution < 1.29 is 4.74 Å². The van der Waals surface area contributed by atoms with Gasteiger partial charge in [0.05, 0.1) is 6.61 Å². The Morgan fingerprint density at radius 1 is 1.50 bits per heavy atom. The van der Waals surface area contributed by atoms with Gasteiger partial charge in [-0.2, -0.15) is 0 Å². The standard InChI is InChI=1S/C8H15Cl2OP/c1-5-11-8(9)7(4)12(10)6(2)3/h6H,5H2,1-4H3/b8-7-. The molecule has 1 unspecified atom stereocenters. The second-order valence-corrected chi connectivity index (χ2v) is 6.46. The van der Waals surface area contributed by atoms with Gasteiger partial charge in [0.2, 0.25) is 0 Å². The lowest BCUT2D eigenvalue weighted by molar-refractivity contribution is 0.253. The van der Waals surface area contributed by atoms with Crippen molar-refractivity contribution >= 4 is 30.1 Å². The van der Waals surface area contributed by atoms with Gasteiger partial charge in [-0.3, -0.25) is 0 Å². The molecular formula is C8H15Cl2OP. The molecule has 0 aliphatic rings. The molecule has 0 aliphatic heterocycles. The van der Waals surface area contributed by atoms with Crippen LogP contribution in [0.2, 0.25) is 0 Å². The summed E-state index contributed by atoms with van der Waals surface area (Å²) < 4.78 is 5.15. The van der Waals surface area contributed by atoms with Crippen molar-refractivity contribution in [2.24, 2.45) is 0 Å². The minimum atomic E-state index is -0.657. The lowest BCUT2D eigenvalue weighted by Crippen LogP contribution is -1.92. The van der Waals surface area contributed by atoms with E-state index in [0.717, 1.165) is 5.31 Å². The summed E-state index contributed by atoms with van der Waals surface area (Å²) >= 11 is 12.0. The third kappa shape index (κ3) is 3.98. The molecule has 72 valence electrons. The summed E-state index contributed by atoms with van der Waals surface area (Å²) in [6.07, 6.45) is 0. The third-order valence-electron chi connectivity index (χ3n) is 1.33. The smallest absolute Gasteiger partial charge is 0.191 e. The van der Waals surface area contributed by atoms with Gasteiger partial charge in [-0.1, -0.05) is 25.1 Å². The first-order valence-corrected chi connectivity index (χ1v) is 6.64. The first kappa shape index (κ1) is 12.6.